The number of carbonyl (C=O) groups is 2. The normalized spacial score (nSPS) is 9.44. The van der Waals surface area contributed by atoms with Crippen LogP contribution in [0, 0.1) is 0 Å². The first-order chi connectivity index (χ1) is 12.0. The van der Waals surface area contributed by atoms with E-state index in [2.05, 4.69) is 19.6 Å². The molecule has 152 valence electrons. The smallest absolute Gasteiger partial charge is 0.303 e. The van der Waals surface area contributed by atoms with Crippen LogP contribution in [-0.4, -0.2) is 27.9 Å². The molecule has 0 aliphatic carbocycles. The van der Waals surface area contributed by atoms with Crippen LogP contribution in [0.3, 0.4) is 0 Å². The fraction of sp³-hybridized carbons (Fsp3) is 0.900. The molecule has 0 aromatic carbocycles. The van der Waals surface area contributed by atoms with E-state index in [4.69, 9.17) is 10.2 Å². The molecule has 0 spiro atoms. The Hall–Kier alpha value is -0.710. The van der Waals surface area contributed by atoms with E-state index < -0.39 is 11.9 Å². The van der Waals surface area contributed by atoms with Gasteiger partial charge in [0.25, 0.3) is 0 Å². The SMILES string of the molecule is CCC(=O)O.CCC(=O)O.CCCCCCCCCCCCCCS. The molecule has 0 amide bonds. The quantitative estimate of drug-likeness (QED) is 0.236. The van der Waals surface area contributed by atoms with E-state index >= 15 is 0 Å². The second-order valence-electron chi connectivity index (χ2n) is 6.11. The van der Waals surface area contributed by atoms with Crippen molar-refractivity contribution in [2.24, 2.45) is 0 Å². The van der Waals surface area contributed by atoms with Gasteiger partial charge >= 0.3 is 11.9 Å². The van der Waals surface area contributed by atoms with E-state index in [-0.39, 0.29) is 12.8 Å². The minimum absolute atomic E-state index is 0.222. The Morgan fingerprint density at radius 1 is 0.600 bits per heavy atom. The topological polar surface area (TPSA) is 74.6 Å². The number of thiol groups is 1. The highest BCUT2D eigenvalue weighted by atomic mass is 32.1. The highest BCUT2D eigenvalue weighted by molar-refractivity contribution is 7.80. The molecule has 0 aromatic heterocycles. The van der Waals surface area contributed by atoms with E-state index in [0.717, 1.165) is 5.75 Å². The Balaban J connectivity index is -0.000000396. The number of aliphatic carboxylic acids is 2. The summed E-state index contributed by atoms with van der Waals surface area (Å²) in [5.74, 6) is -0.424. The number of carboxylic acids is 2. The lowest BCUT2D eigenvalue weighted by Crippen LogP contribution is -1.86. The van der Waals surface area contributed by atoms with Crippen molar-refractivity contribution in [2.75, 3.05) is 5.75 Å². The molecule has 0 heterocycles. The van der Waals surface area contributed by atoms with Gasteiger partial charge in [-0.1, -0.05) is 91.4 Å². The van der Waals surface area contributed by atoms with E-state index in [1.165, 1.54) is 77.0 Å². The van der Waals surface area contributed by atoms with Crippen molar-refractivity contribution in [3.8, 4) is 0 Å². The van der Waals surface area contributed by atoms with Gasteiger partial charge in [-0.05, 0) is 12.2 Å². The summed E-state index contributed by atoms with van der Waals surface area (Å²) in [6.45, 7) is 5.48. The van der Waals surface area contributed by atoms with Gasteiger partial charge in [0.2, 0.25) is 0 Å². The summed E-state index contributed by atoms with van der Waals surface area (Å²) in [6, 6.07) is 0. The summed E-state index contributed by atoms with van der Waals surface area (Å²) in [6.07, 6.45) is 17.6. The fourth-order valence-electron chi connectivity index (χ4n) is 1.95. The molecule has 5 heteroatoms. The third kappa shape index (κ3) is 45.2. The summed E-state index contributed by atoms with van der Waals surface area (Å²) < 4.78 is 0. The van der Waals surface area contributed by atoms with Crippen LogP contribution >= 0.6 is 12.6 Å². The van der Waals surface area contributed by atoms with Crippen molar-refractivity contribution in [1.82, 2.24) is 0 Å². The minimum Gasteiger partial charge on any atom is -0.481 e. The molecule has 0 aliphatic rings. The number of rotatable bonds is 14. The first kappa shape index (κ1) is 29.1. The summed E-state index contributed by atoms with van der Waals surface area (Å²) in [7, 11) is 0. The predicted molar refractivity (Wildman–Crippen MR) is 111 cm³/mol. The Bertz CT molecular complexity index is 244. The summed E-state index contributed by atoms with van der Waals surface area (Å²) in [4.78, 5) is 18.7. The molecule has 4 nitrogen and oxygen atoms in total. The van der Waals surface area contributed by atoms with Crippen LogP contribution in [0.5, 0.6) is 0 Å². The number of carboxylic acid groups (broad SMARTS) is 2. The Labute approximate surface area is 161 Å². The molecule has 0 saturated carbocycles. The van der Waals surface area contributed by atoms with Crippen molar-refractivity contribution >= 4 is 24.6 Å². The summed E-state index contributed by atoms with van der Waals surface area (Å²) in [5, 5.41) is 15.4. The maximum atomic E-state index is 9.37. The van der Waals surface area contributed by atoms with Crippen LogP contribution in [0.1, 0.15) is 111 Å². The van der Waals surface area contributed by atoms with Gasteiger partial charge in [-0.15, -0.1) is 0 Å². The van der Waals surface area contributed by atoms with Gasteiger partial charge in [0.1, 0.15) is 0 Å². The average Bonchev–Trinajstić information content (AvgIpc) is 2.60. The lowest BCUT2D eigenvalue weighted by Gasteiger charge is -2.01. The van der Waals surface area contributed by atoms with E-state index in [0.29, 0.717) is 0 Å². The standard InChI is InChI=1S/C14H30S.2C3H6O2/c1-2-3-4-5-6-7-8-9-10-11-12-13-14-15;2*1-2-3(4)5/h15H,2-14H2,1H3;2*2H2,1H3,(H,4,5). The fourth-order valence-corrected chi connectivity index (χ4v) is 2.18. The molecular weight excluding hydrogens is 336 g/mol. The van der Waals surface area contributed by atoms with Crippen molar-refractivity contribution in [3.05, 3.63) is 0 Å². The highest BCUT2D eigenvalue weighted by Gasteiger charge is 1.92. The van der Waals surface area contributed by atoms with Crippen LogP contribution in [-0.2, 0) is 9.59 Å². The van der Waals surface area contributed by atoms with E-state index in [9.17, 15) is 9.59 Å². The van der Waals surface area contributed by atoms with Crippen molar-refractivity contribution in [1.29, 1.82) is 0 Å². The number of hydrogen-bond acceptors (Lipinski definition) is 3. The molecule has 0 rings (SSSR count). The van der Waals surface area contributed by atoms with Crippen LogP contribution in [0.4, 0.5) is 0 Å². The maximum Gasteiger partial charge on any atom is 0.303 e. The molecule has 0 radical (unpaired) electrons. The monoisotopic (exact) mass is 378 g/mol. The molecule has 25 heavy (non-hydrogen) atoms. The van der Waals surface area contributed by atoms with Gasteiger partial charge in [-0.25, -0.2) is 0 Å². The van der Waals surface area contributed by atoms with Gasteiger partial charge in [0, 0.05) is 12.8 Å². The minimum atomic E-state index is -0.745. The Morgan fingerprint density at radius 2 is 0.840 bits per heavy atom. The number of unbranched alkanes of at least 4 members (excludes halogenated alkanes) is 11. The van der Waals surface area contributed by atoms with Gasteiger partial charge in [-0.3, -0.25) is 9.59 Å². The molecule has 0 aliphatic heterocycles. The zero-order valence-corrected chi connectivity index (χ0v) is 17.7. The van der Waals surface area contributed by atoms with Crippen molar-refractivity contribution in [3.63, 3.8) is 0 Å². The first-order valence-electron chi connectivity index (χ1n) is 10.0. The van der Waals surface area contributed by atoms with Crippen molar-refractivity contribution in [2.45, 2.75) is 111 Å². The van der Waals surface area contributed by atoms with Gasteiger partial charge in [0.05, 0.1) is 0 Å². The third-order valence-corrected chi connectivity index (χ3v) is 3.93. The maximum absolute atomic E-state index is 9.37. The second-order valence-corrected chi connectivity index (χ2v) is 6.55. The zero-order valence-electron chi connectivity index (χ0n) is 16.8. The molecule has 2 N–H and O–H groups in total. The second kappa shape index (κ2) is 28.1. The zero-order chi connectivity index (χ0) is 19.8. The lowest BCUT2D eigenvalue weighted by atomic mass is 10.1. The van der Waals surface area contributed by atoms with Gasteiger partial charge in [-0.2, -0.15) is 12.6 Å². The third-order valence-electron chi connectivity index (χ3n) is 3.62. The van der Waals surface area contributed by atoms with Gasteiger partial charge < -0.3 is 10.2 Å². The molecule has 0 saturated heterocycles. The van der Waals surface area contributed by atoms with Crippen LogP contribution < -0.4 is 0 Å². The predicted octanol–water partition coefficient (Wildman–Crippen LogP) is 6.58. The largest absolute Gasteiger partial charge is 0.481 e. The van der Waals surface area contributed by atoms with Crippen LogP contribution in [0.2, 0.25) is 0 Å². The molecule has 0 aromatic rings. The average molecular weight is 379 g/mol. The summed E-state index contributed by atoms with van der Waals surface area (Å²) >= 11 is 4.22. The molecule has 0 unspecified atom stereocenters. The lowest BCUT2D eigenvalue weighted by molar-refractivity contribution is -0.137. The van der Waals surface area contributed by atoms with Crippen molar-refractivity contribution < 1.29 is 19.8 Å². The first-order valence-corrected chi connectivity index (χ1v) is 10.6. The van der Waals surface area contributed by atoms with E-state index in [1.54, 1.807) is 13.8 Å². The van der Waals surface area contributed by atoms with Crippen LogP contribution in [0.15, 0.2) is 0 Å². The highest BCUT2D eigenvalue weighted by Crippen LogP contribution is 2.11. The molecule has 0 fully saturated rings. The van der Waals surface area contributed by atoms with Gasteiger partial charge in [0.15, 0.2) is 0 Å². The van der Waals surface area contributed by atoms with Crippen LogP contribution in [0.25, 0.3) is 0 Å². The number of hydrogen-bond donors (Lipinski definition) is 3. The van der Waals surface area contributed by atoms with E-state index in [1.807, 2.05) is 0 Å². The summed E-state index contributed by atoms with van der Waals surface area (Å²) in [5.41, 5.74) is 0. The molecular formula is C20H42O4S. The molecule has 0 atom stereocenters. The molecule has 0 bridgehead atoms. The Kier molecular flexibility index (Phi) is 32.7. The Morgan fingerprint density at radius 3 is 1.04 bits per heavy atom.